The Balaban J connectivity index is 1.76. The van der Waals surface area contributed by atoms with Crippen molar-refractivity contribution in [2.24, 2.45) is 0 Å². The molecule has 0 aromatic heterocycles. The molecule has 0 unspecified atom stereocenters. The Morgan fingerprint density at radius 3 is 1.33 bits per heavy atom. The summed E-state index contributed by atoms with van der Waals surface area (Å²) in [7, 11) is 3.47. The molecular weight excluding hydrogens is 524 g/mol. The number of methoxy groups -OCH3 is 2. The molecule has 0 heterocycles. The van der Waals surface area contributed by atoms with Crippen LogP contribution in [0.1, 0.15) is 87.3 Å². The molecule has 4 aromatic carbocycles. The Bertz CT molecular complexity index is 1590. The molecule has 6 rings (SSSR count). The lowest BCUT2D eigenvalue weighted by atomic mass is 9.58. The Kier molecular flexibility index (Phi) is 7.16. The highest BCUT2D eigenvalue weighted by Crippen LogP contribution is 2.61. The van der Waals surface area contributed by atoms with Crippen LogP contribution in [0.25, 0.3) is 11.1 Å². The second-order valence-corrected chi connectivity index (χ2v) is 14.1. The van der Waals surface area contributed by atoms with Gasteiger partial charge in [-0.05, 0) is 91.6 Å². The number of benzene rings is 4. The molecule has 220 valence electrons. The summed E-state index contributed by atoms with van der Waals surface area (Å²) in [6.07, 6.45) is 8.01. The van der Waals surface area contributed by atoms with Gasteiger partial charge in [-0.3, -0.25) is 0 Å². The van der Waals surface area contributed by atoms with E-state index >= 15 is 0 Å². The van der Waals surface area contributed by atoms with Gasteiger partial charge in [0.2, 0.25) is 0 Å². The fourth-order valence-electron chi connectivity index (χ4n) is 7.12. The van der Waals surface area contributed by atoms with Crippen LogP contribution < -0.4 is 9.47 Å². The Labute approximate surface area is 258 Å². The van der Waals surface area contributed by atoms with Gasteiger partial charge in [0.05, 0.1) is 19.6 Å². The highest BCUT2D eigenvalue weighted by atomic mass is 16.5. The van der Waals surface area contributed by atoms with Gasteiger partial charge in [-0.2, -0.15) is 0 Å². The molecule has 0 N–H and O–H groups in total. The van der Waals surface area contributed by atoms with Gasteiger partial charge in [-0.1, -0.05) is 120 Å². The Hall–Kier alpha value is -4.04. The van der Waals surface area contributed by atoms with Gasteiger partial charge in [0.25, 0.3) is 0 Å². The number of hydrogen-bond donors (Lipinski definition) is 0. The minimum atomic E-state index is -0.488. The molecule has 2 aliphatic rings. The van der Waals surface area contributed by atoms with E-state index in [4.69, 9.17) is 9.47 Å². The van der Waals surface area contributed by atoms with Crippen molar-refractivity contribution in [1.82, 2.24) is 0 Å². The first-order chi connectivity index (χ1) is 20.5. The van der Waals surface area contributed by atoms with Gasteiger partial charge in [-0.15, -0.1) is 0 Å². The number of hydrogen-bond acceptors (Lipinski definition) is 2. The maximum absolute atomic E-state index is 5.64. The molecule has 0 amide bonds. The van der Waals surface area contributed by atoms with Crippen molar-refractivity contribution in [3.05, 3.63) is 142 Å². The van der Waals surface area contributed by atoms with Crippen molar-refractivity contribution >= 4 is 0 Å². The van der Waals surface area contributed by atoms with Crippen molar-refractivity contribution in [3.8, 4) is 22.6 Å². The summed E-state index contributed by atoms with van der Waals surface area (Å²) in [5, 5.41) is 0. The number of rotatable bonds is 6. The monoisotopic (exact) mass is 568 g/mol. The first kappa shape index (κ1) is 29.1. The zero-order valence-corrected chi connectivity index (χ0v) is 26.9. The quantitative estimate of drug-likeness (QED) is 0.230. The third-order valence-electron chi connectivity index (χ3n) is 9.50. The summed E-state index contributed by atoms with van der Waals surface area (Å²) in [6, 6.07) is 31.9. The van der Waals surface area contributed by atoms with Gasteiger partial charge in [0.1, 0.15) is 11.5 Å². The average Bonchev–Trinajstić information content (AvgIpc) is 3.65. The van der Waals surface area contributed by atoms with E-state index in [1.165, 1.54) is 50.1 Å². The maximum atomic E-state index is 5.64. The topological polar surface area (TPSA) is 18.5 Å². The zero-order chi connectivity index (χ0) is 30.6. The van der Waals surface area contributed by atoms with E-state index in [1.54, 1.807) is 14.2 Å². The largest absolute Gasteiger partial charge is 0.497 e. The molecule has 2 aliphatic carbocycles. The van der Waals surface area contributed by atoms with E-state index in [0.717, 1.165) is 17.9 Å². The summed E-state index contributed by atoms with van der Waals surface area (Å²) in [5.41, 5.74) is 11.6. The normalized spacial score (nSPS) is 14.8. The lowest BCUT2D eigenvalue weighted by molar-refractivity contribution is 0.413. The molecule has 0 bridgehead atoms. The van der Waals surface area contributed by atoms with E-state index in [1.807, 2.05) is 0 Å². The summed E-state index contributed by atoms with van der Waals surface area (Å²) in [6.45, 7) is 13.9. The van der Waals surface area contributed by atoms with Gasteiger partial charge in [0, 0.05) is 5.92 Å². The van der Waals surface area contributed by atoms with Gasteiger partial charge < -0.3 is 9.47 Å². The molecular formula is C41H44O2. The SMILES string of the molecule is COc1ccc(C(C2=CCC=C2)(c2ccc(OC)cc2)C2c3cc(C(C)(C)C)ccc3-c3ccc(C(C)(C)C)cc32)cc1. The zero-order valence-electron chi connectivity index (χ0n) is 26.9. The molecule has 0 saturated carbocycles. The standard InChI is InChI=1S/C41H44O2/c1-39(2,3)30-17-23-34-35-24-18-31(40(4,5)6)26-37(35)38(36(34)25-30)41(27-11-9-10-12-27,28-13-19-32(42-7)20-14-28)29-15-21-33(43-8)22-16-29/h9,11-26,38H,10H2,1-8H3. The van der Waals surface area contributed by atoms with Gasteiger partial charge in [-0.25, -0.2) is 0 Å². The van der Waals surface area contributed by atoms with Crippen molar-refractivity contribution < 1.29 is 9.47 Å². The number of ether oxygens (including phenoxy) is 2. The van der Waals surface area contributed by atoms with E-state index in [9.17, 15) is 0 Å². The van der Waals surface area contributed by atoms with Crippen LogP contribution in [0.4, 0.5) is 0 Å². The third-order valence-corrected chi connectivity index (χ3v) is 9.50. The third kappa shape index (κ3) is 4.82. The molecule has 0 radical (unpaired) electrons. The van der Waals surface area contributed by atoms with Gasteiger partial charge >= 0.3 is 0 Å². The van der Waals surface area contributed by atoms with Crippen LogP contribution in [0, 0.1) is 0 Å². The fourth-order valence-corrected chi connectivity index (χ4v) is 7.12. The fraction of sp³-hybridized carbons (Fsp3) is 0.317. The van der Waals surface area contributed by atoms with Crippen LogP contribution in [0.15, 0.2) is 109 Å². The summed E-state index contributed by atoms with van der Waals surface area (Å²) >= 11 is 0. The number of allylic oxidation sites excluding steroid dienone is 4. The minimum Gasteiger partial charge on any atom is -0.497 e. The minimum absolute atomic E-state index is 0.0281. The number of fused-ring (bicyclic) bond motifs is 3. The van der Waals surface area contributed by atoms with Crippen LogP contribution in [-0.4, -0.2) is 14.2 Å². The van der Waals surface area contributed by atoms with Crippen molar-refractivity contribution in [3.63, 3.8) is 0 Å². The second-order valence-electron chi connectivity index (χ2n) is 14.1. The summed E-state index contributed by atoms with van der Waals surface area (Å²) in [4.78, 5) is 0. The molecule has 2 heteroatoms. The van der Waals surface area contributed by atoms with Crippen LogP contribution in [-0.2, 0) is 16.2 Å². The van der Waals surface area contributed by atoms with Crippen LogP contribution in [0.3, 0.4) is 0 Å². The Morgan fingerprint density at radius 2 is 0.977 bits per heavy atom. The van der Waals surface area contributed by atoms with E-state index in [-0.39, 0.29) is 16.7 Å². The van der Waals surface area contributed by atoms with Gasteiger partial charge in [0.15, 0.2) is 0 Å². The van der Waals surface area contributed by atoms with Crippen molar-refractivity contribution in [2.75, 3.05) is 14.2 Å². The Morgan fingerprint density at radius 1 is 0.558 bits per heavy atom. The smallest absolute Gasteiger partial charge is 0.118 e. The first-order valence-electron chi connectivity index (χ1n) is 15.4. The van der Waals surface area contributed by atoms with Crippen LogP contribution >= 0.6 is 0 Å². The molecule has 0 fully saturated rings. The lowest BCUT2D eigenvalue weighted by Crippen LogP contribution is -2.37. The predicted octanol–water partition coefficient (Wildman–Crippen LogP) is 10.3. The maximum Gasteiger partial charge on any atom is 0.118 e. The molecule has 0 saturated heterocycles. The lowest BCUT2D eigenvalue weighted by Gasteiger charge is -2.43. The van der Waals surface area contributed by atoms with Crippen molar-refractivity contribution in [2.45, 2.75) is 70.1 Å². The average molecular weight is 569 g/mol. The van der Waals surface area contributed by atoms with E-state index < -0.39 is 5.41 Å². The summed E-state index contributed by atoms with van der Waals surface area (Å²) < 4.78 is 11.3. The highest BCUT2D eigenvalue weighted by Gasteiger charge is 2.50. The molecule has 0 atom stereocenters. The van der Waals surface area contributed by atoms with E-state index in [0.29, 0.717) is 0 Å². The first-order valence-corrected chi connectivity index (χ1v) is 15.4. The molecule has 43 heavy (non-hydrogen) atoms. The van der Waals surface area contributed by atoms with E-state index in [2.05, 4.69) is 145 Å². The highest BCUT2D eigenvalue weighted by molar-refractivity contribution is 5.83. The van der Waals surface area contributed by atoms with Crippen LogP contribution in [0.2, 0.25) is 0 Å². The molecule has 0 aliphatic heterocycles. The molecule has 4 aromatic rings. The predicted molar refractivity (Wildman–Crippen MR) is 180 cm³/mol. The summed E-state index contributed by atoms with van der Waals surface area (Å²) in [5.74, 6) is 1.78. The molecule has 0 spiro atoms. The molecule has 2 nitrogen and oxygen atoms in total. The second kappa shape index (κ2) is 10.6. The van der Waals surface area contributed by atoms with Crippen LogP contribution in [0.5, 0.6) is 11.5 Å². The van der Waals surface area contributed by atoms with Crippen molar-refractivity contribution in [1.29, 1.82) is 0 Å².